The van der Waals surface area contributed by atoms with Crippen molar-refractivity contribution in [3.8, 4) is 0 Å². The number of rotatable bonds is 55. The molecule has 0 aromatic heterocycles. The SMILES string of the molecule is CC/C=C\C/C=C\C/C=C\C/C=C\CCCCC(=O)OC(COC(=O)CCCCCCC/C=C\CCCC)COC(=O)CCCCCCCCCCCCCCCC/C=C\C/C=C\C/C=C\CCCCCCC. The number of carbonyl (C=O) groups is 3. The largest absolute Gasteiger partial charge is 0.462 e. The van der Waals surface area contributed by atoms with Crippen LogP contribution in [0, 0.1) is 0 Å². The van der Waals surface area contributed by atoms with E-state index < -0.39 is 6.10 Å². The highest BCUT2D eigenvalue weighted by atomic mass is 16.6. The van der Waals surface area contributed by atoms with Gasteiger partial charge in [-0.05, 0) is 116 Å². The predicted octanol–water partition coefficient (Wildman–Crippen LogP) is 20.9. The predicted molar refractivity (Wildman–Crippen MR) is 316 cm³/mol. The number of hydrogen-bond donors (Lipinski definition) is 0. The van der Waals surface area contributed by atoms with Crippen molar-refractivity contribution in [2.24, 2.45) is 0 Å². The molecule has 0 N–H and O–H groups in total. The van der Waals surface area contributed by atoms with Crippen molar-refractivity contribution in [3.05, 3.63) is 97.2 Å². The van der Waals surface area contributed by atoms with Gasteiger partial charge in [-0.25, -0.2) is 0 Å². The molecule has 0 aromatic carbocycles. The summed E-state index contributed by atoms with van der Waals surface area (Å²) in [5, 5.41) is 0. The number of allylic oxidation sites excluding steroid dienone is 16. The second-order valence-corrected chi connectivity index (χ2v) is 20.2. The van der Waals surface area contributed by atoms with Crippen LogP contribution in [-0.4, -0.2) is 37.2 Å². The smallest absolute Gasteiger partial charge is 0.306 e. The Hall–Kier alpha value is -3.67. The lowest BCUT2D eigenvalue weighted by molar-refractivity contribution is -0.167. The lowest BCUT2D eigenvalue weighted by atomic mass is 10.0. The van der Waals surface area contributed by atoms with Gasteiger partial charge in [0, 0.05) is 19.3 Å². The van der Waals surface area contributed by atoms with E-state index in [1.54, 1.807) is 0 Å². The van der Waals surface area contributed by atoms with Crippen molar-refractivity contribution < 1.29 is 28.6 Å². The van der Waals surface area contributed by atoms with Crippen molar-refractivity contribution in [2.45, 2.75) is 297 Å². The van der Waals surface area contributed by atoms with E-state index in [1.165, 1.54) is 141 Å². The molecule has 0 amide bonds. The molecule has 0 aliphatic carbocycles. The number of ether oxygens (including phenoxy) is 3. The van der Waals surface area contributed by atoms with Gasteiger partial charge in [0.25, 0.3) is 0 Å². The maximum Gasteiger partial charge on any atom is 0.306 e. The van der Waals surface area contributed by atoms with Gasteiger partial charge < -0.3 is 14.2 Å². The zero-order valence-corrected chi connectivity index (χ0v) is 47.9. The second-order valence-electron chi connectivity index (χ2n) is 20.2. The van der Waals surface area contributed by atoms with Crippen LogP contribution in [0.15, 0.2) is 97.2 Å². The topological polar surface area (TPSA) is 78.9 Å². The van der Waals surface area contributed by atoms with Crippen LogP contribution in [-0.2, 0) is 28.6 Å². The molecule has 0 bridgehead atoms. The van der Waals surface area contributed by atoms with Gasteiger partial charge >= 0.3 is 17.9 Å². The maximum atomic E-state index is 12.8. The number of carbonyl (C=O) groups excluding carboxylic acids is 3. The fourth-order valence-corrected chi connectivity index (χ4v) is 8.42. The normalized spacial score (nSPS) is 12.8. The third kappa shape index (κ3) is 59.1. The van der Waals surface area contributed by atoms with Gasteiger partial charge in [0.15, 0.2) is 6.10 Å². The molecule has 0 heterocycles. The summed E-state index contributed by atoms with van der Waals surface area (Å²) >= 11 is 0. The van der Waals surface area contributed by atoms with Crippen LogP contribution in [0.4, 0.5) is 0 Å². The molecular formula is C67H114O6. The second kappa shape index (κ2) is 60.9. The molecule has 0 aliphatic heterocycles. The highest BCUT2D eigenvalue weighted by molar-refractivity contribution is 5.71. The molecule has 0 rings (SSSR count). The van der Waals surface area contributed by atoms with Crippen molar-refractivity contribution >= 4 is 17.9 Å². The maximum absolute atomic E-state index is 12.8. The van der Waals surface area contributed by atoms with E-state index in [0.717, 1.165) is 103 Å². The van der Waals surface area contributed by atoms with E-state index in [2.05, 4.69) is 118 Å². The Balaban J connectivity index is 4.23. The lowest BCUT2D eigenvalue weighted by Crippen LogP contribution is -2.30. The summed E-state index contributed by atoms with van der Waals surface area (Å²) in [4.78, 5) is 38.1. The lowest BCUT2D eigenvalue weighted by Gasteiger charge is -2.18. The van der Waals surface area contributed by atoms with Crippen LogP contribution in [0.5, 0.6) is 0 Å². The third-order valence-corrected chi connectivity index (χ3v) is 13.0. The minimum absolute atomic E-state index is 0.0966. The molecule has 0 fully saturated rings. The molecule has 418 valence electrons. The number of hydrogen-bond acceptors (Lipinski definition) is 6. The first kappa shape index (κ1) is 69.3. The number of unbranched alkanes of at least 4 members (excludes halogenated alkanes) is 28. The van der Waals surface area contributed by atoms with E-state index in [1.807, 2.05) is 0 Å². The summed E-state index contributed by atoms with van der Waals surface area (Å²) in [5.41, 5.74) is 0. The molecular weight excluding hydrogens is 901 g/mol. The summed E-state index contributed by atoms with van der Waals surface area (Å²) < 4.78 is 16.8. The Morgan fingerprint density at radius 2 is 0.548 bits per heavy atom. The summed E-state index contributed by atoms with van der Waals surface area (Å²) in [6, 6.07) is 0. The van der Waals surface area contributed by atoms with E-state index in [0.29, 0.717) is 19.3 Å². The zero-order chi connectivity index (χ0) is 52.9. The minimum Gasteiger partial charge on any atom is -0.462 e. The monoisotopic (exact) mass is 1010 g/mol. The molecule has 6 heteroatoms. The summed E-state index contributed by atoms with van der Waals surface area (Å²) in [5.74, 6) is -0.945. The third-order valence-electron chi connectivity index (χ3n) is 13.0. The van der Waals surface area contributed by atoms with Gasteiger partial charge in [0.1, 0.15) is 13.2 Å². The van der Waals surface area contributed by atoms with Crippen molar-refractivity contribution in [2.75, 3.05) is 13.2 Å². The molecule has 1 unspecified atom stereocenters. The van der Waals surface area contributed by atoms with Crippen molar-refractivity contribution in [1.82, 2.24) is 0 Å². The van der Waals surface area contributed by atoms with E-state index >= 15 is 0 Å². The summed E-state index contributed by atoms with van der Waals surface area (Å²) in [6.45, 7) is 6.44. The average Bonchev–Trinajstić information content (AvgIpc) is 3.39. The van der Waals surface area contributed by atoms with Gasteiger partial charge in [-0.1, -0.05) is 253 Å². The molecule has 0 aromatic rings. The van der Waals surface area contributed by atoms with Gasteiger partial charge in [-0.3, -0.25) is 14.4 Å². The highest BCUT2D eigenvalue weighted by Gasteiger charge is 2.19. The first-order valence-corrected chi connectivity index (χ1v) is 30.7. The van der Waals surface area contributed by atoms with Crippen LogP contribution in [0.25, 0.3) is 0 Å². The first-order valence-electron chi connectivity index (χ1n) is 30.7. The minimum atomic E-state index is -0.803. The Morgan fingerprint density at radius 3 is 0.918 bits per heavy atom. The highest BCUT2D eigenvalue weighted by Crippen LogP contribution is 2.16. The molecule has 73 heavy (non-hydrogen) atoms. The molecule has 0 spiro atoms. The summed E-state index contributed by atoms with van der Waals surface area (Å²) in [6.07, 6.45) is 81.4. The standard InChI is InChI=1S/C67H114O6/c1-4-7-10-13-16-19-22-24-26-27-28-29-30-31-32-33-34-35-36-37-38-39-41-42-45-48-51-54-57-60-66(69)72-63-64(62-71-65(68)59-56-53-50-47-44-21-18-15-12-9-6-3)73-67(70)61-58-55-52-49-46-43-40-25-23-20-17-14-11-8-5-2/h8,11,15,17-18,20,22,24-25,27-28,30-31,40,46,49,64H,4-7,9-10,12-14,16,19,21,23,26,29,32-39,41-45,47-48,50-63H2,1-3H3/b11-8-,18-15-,20-17-,24-22-,28-27-,31-30-,40-25-,49-46-. The van der Waals surface area contributed by atoms with E-state index in [-0.39, 0.29) is 37.5 Å². The molecule has 0 saturated heterocycles. The molecule has 0 radical (unpaired) electrons. The first-order chi connectivity index (χ1) is 36.0. The zero-order valence-electron chi connectivity index (χ0n) is 47.9. The molecule has 6 nitrogen and oxygen atoms in total. The summed E-state index contributed by atoms with van der Waals surface area (Å²) in [7, 11) is 0. The van der Waals surface area contributed by atoms with Gasteiger partial charge in [-0.15, -0.1) is 0 Å². The van der Waals surface area contributed by atoms with E-state index in [9.17, 15) is 14.4 Å². The van der Waals surface area contributed by atoms with Crippen LogP contribution in [0.3, 0.4) is 0 Å². The molecule has 1 atom stereocenters. The van der Waals surface area contributed by atoms with Crippen LogP contribution in [0.1, 0.15) is 290 Å². The van der Waals surface area contributed by atoms with E-state index in [4.69, 9.17) is 14.2 Å². The van der Waals surface area contributed by atoms with Crippen molar-refractivity contribution in [3.63, 3.8) is 0 Å². The van der Waals surface area contributed by atoms with Gasteiger partial charge in [0.05, 0.1) is 0 Å². The Kier molecular flexibility index (Phi) is 57.8. The fraction of sp³-hybridized carbons (Fsp3) is 0.716. The average molecular weight is 1020 g/mol. The Bertz CT molecular complexity index is 1440. The Morgan fingerprint density at radius 1 is 0.288 bits per heavy atom. The van der Waals surface area contributed by atoms with Gasteiger partial charge in [0.2, 0.25) is 0 Å². The van der Waals surface area contributed by atoms with Gasteiger partial charge in [-0.2, -0.15) is 0 Å². The van der Waals surface area contributed by atoms with Crippen LogP contribution < -0.4 is 0 Å². The molecule has 0 saturated carbocycles. The quantitative estimate of drug-likeness (QED) is 0.0261. The number of esters is 3. The molecule has 0 aliphatic rings. The van der Waals surface area contributed by atoms with Crippen LogP contribution >= 0.6 is 0 Å². The fourth-order valence-electron chi connectivity index (χ4n) is 8.42. The van der Waals surface area contributed by atoms with Crippen LogP contribution in [0.2, 0.25) is 0 Å². The Labute approximate surface area is 451 Å². The van der Waals surface area contributed by atoms with Crippen molar-refractivity contribution in [1.29, 1.82) is 0 Å².